The van der Waals surface area contributed by atoms with Crippen molar-refractivity contribution in [2.24, 2.45) is 0 Å². The highest BCUT2D eigenvalue weighted by molar-refractivity contribution is 8.00. The molecule has 1 atom stereocenters. The Bertz CT molecular complexity index is 662. The molecule has 1 saturated heterocycles. The van der Waals surface area contributed by atoms with E-state index in [1.807, 2.05) is 0 Å². The van der Waals surface area contributed by atoms with Crippen LogP contribution < -0.4 is 4.90 Å². The fourth-order valence-corrected chi connectivity index (χ4v) is 3.46. The van der Waals surface area contributed by atoms with Gasteiger partial charge in [-0.05, 0) is 18.2 Å². The van der Waals surface area contributed by atoms with E-state index in [0.717, 1.165) is 0 Å². The maximum Gasteiger partial charge on any atom is 0.238 e. The number of phenolic OH excluding ortho intramolecular Hbond substituents is 1. The first kappa shape index (κ1) is 13.0. The standard InChI is InChI=1S/C15H12FNO2S/c16-11-6-2-3-7-12(11)17-14(19)9-20-15(17)10-5-1-4-8-13(10)18/h1-8,15,18H,9H2/t15-/m1/s1. The lowest BCUT2D eigenvalue weighted by Crippen LogP contribution is -2.28. The number of carbonyl (C=O) groups excluding carboxylic acids is 1. The van der Waals surface area contributed by atoms with Gasteiger partial charge in [0.1, 0.15) is 16.9 Å². The second-order valence-corrected chi connectivity index (χ2v) is 5.51. The van der Waals surface area contributed by atoms with Crippen molar-refractivity contribution in [3.8, 4) is 5.75 Å². The summed E-state index contributed by atoms with van der Waals surface area (Å²) < 4.78 is 13.9. The molecule has 1 aliphatic heterocycles. The molecule has 2 aromatic rings. The van der Waals surface area contributed by atoms with Crippen LogP contribution in [0.3, 0.4) is 0 Å². The quantitative estimate of drug-likeness (QED) is 0.922. The molecule has 1 amide bonds. The summed E-state index contributed by atoms with van der Waals surface area (Å²) in [5.74, 6) is -0.217. The zero-order chi connectivity index (χ0) is 14.1. The molecule has 0 spiro atoms. The second-order valence-electron chi connectivity index (χ2n) is 4.44. The molecular formula is C15H12FNO2S. The van der Waals surface area contributed by atoms with Crippen LogP contribution >= 0.6 is 11.8 Å². The van der Waals surface area contributed by atoms with Gasteiger partial charge in [-0.1, -0.05) is 30.3 Å². The largest absolute Gasteiger partial charge is 0.508 e. The first-order valence-electron chi connectivity index (χ1n) is 6.14. The highest BCUT2D eigenvalue weighted by Gasteiger charge is 2.36. The first-order chi connectivity index (χ1) is 9.68. The molecule has 2 aromatic carbocycles. The third-order valence-corrected chi connectivity index (χ3v) is 4.38. The van der Waals surface area contributed by atoms with E-state index in [4.69, 9.17) is 0 Å². The Hall–Kier alpha value is -2.01. The van der Waals surface area contributed by atoms with Crippen molar-refractivity contribution < 1.29 is 14.3 Å². The predicted octanol–water partition coefficient (Wildman–Crippen LogP) is 3.31. The van der Waals surface area contributed by atoms with Crippen LogP contribution in [0.15, 0.2) is 48.5 Å². The van der Waals surface area contributed by atoms with Crippen LogP contribution in [-0.2, 0) is 4.79 Å². The normalized spacial score (nSPS) is 18.6. The first-order valence-corrected chi connectivity index (χ1v) is 7.19. The van der Waals surface area contributed by atoms with Crippen molar-refractivity contribution in [3.63, 3.8) is 0 Å². The zero-order valence-electron chi connectivity index (χ0n) is 10.5. The van der Waals surface area contributed by atoms with Gasteiger partial charge < -0.3 is 5.11 Å². The second kappa shape index (κ2) is 5.17. The van der Waals surface area contributed by atoms with E-state index in [-0.39, 0.29) is 23.1 Å². The zero-order valence-corrected chi connectivity index (χ0v) is 11.3. The Morgan fingerprint density at radius 3 is 2.60 bits per heavy atom. The lowest BCUT2D eigenvalue weighted by Gasteiger charge is -2.25. The predicted molar refractivity (Wildman–Crippen MR) is 77.2 cm³/mol. The van der Waals surface area contributed by atoms with Crippen LogP contribution in [0.1, 0.15) is 10.9 Å². The number of aromatic hydroxyl groups is 1. The summed E-state index contributed by atoms with van der Waals surface area (Å²) in [4.78, 5) is 13.5. The van der Waals surface area contributed by atoms with E-state index in [1.165, 1.54) is 22.7 Å². The Kier molecular flexibility index (Phi) is 3.36. The molecule has 5 heteroatoms. The minimum absolute atomic E-state index is 0.112. The molecule has 0 unspecified atom stereocenters. The van der Waals surface area contributed by atoms with Crippen LogP contribution in [-0.4, -0.2) is 16.8 Å². The summed E-state index contributed by atoms with van der Waals surface area (Å²) in [5, 5.41) is 9.54. The van der Waals surface area contributed by atoms with Crippen LogP contribution in [0.4, 0.5) is 10.1 Å². The van der Waals surface area contributed by atoms with Crippen LogP contribution in [0, 0.1) is 5.82 Å². The topological polar surface area (TPSA) is 40.5 Å². The summed E-state index contributed by atoms with van der Waals surface area (Å²) in [6.45, 7) is 0. The van der Waals surface area contributed by atoms with Gasteiger partial charge in [-0.15, -0.1) is 11.8 Å². The Balaban J connectivity index is 2.06. The van der Waals surface area contributed by atoms with Crippen LogP contribution in [0.25, 0.3) is 0 Å². The molecule has 1 heterocycles. The number of hydrogen-bond donors (Lipinski definition) is 1. The van der Waals surface area contributed by atoms with Gasteiger partial charge in [0.15, 0.2) is 0 Å². The molecule has 0 bridgehead atoms. The number of phenols is 1. The van der Waals surface area contributed by atoms with Gasteiger partial charge in [0.05, 0.1) is 11.4 Å². The number of benzene rings is 2. The number of hydrogen-bond acceptors (Lipinski definition) is 3. The van der Waals surface area contributed by atoms with Gasteiger partial charge in [-0.25, -0.2) is 4.39 Å². The summed E-state index contributed by atoms with van der Waals surface area (Å²) >= 11 is 1.38. The van der Waals surface area contributed by atoms with Crippen molar-refractivity contribution in [2.45, 2.75) is 5.37 Å². The maximum absolute atomic E-state index is 13.9. The number of rotatable bonds is 2. The van der Waals surface area contributed by atoms with Gasteiger partial charge in [-0.3, -0.25) is 9.69 Å². The van der Waals surface area contributed by atoms with E-state index < -0.39 is 11.2 Å². The number of para-hydroxylation sites is 2. The van der Waals surface area contributed by atoms with E-state index >= 15 is 0 Å². The SMILES string of the molecule is O=C1CS[C@H](c2ccccc2O)N1c1ccccc1F. The molecule has 0 aliphatic carbocycles. The molecule has 3 nitrogen and oxygen atoms in total. The highest BCUT2D eigenvalue weighted by Crippen LogP contribution is 2.44. The minimum atomic E-state index is -0.441. The summed E-state index contributed by atoms with van der Waals surface area (Å²) in [5.41, 5.74) is 0.863. The van der Waals surface area contributed by atoms with E-state index in [0.29, 0.717) is 5.56 Å². The number of thioether (sulfide) groups is 1. The molecule has 0 radical (unpaired) electrons. The fraction of sp³-hybridized carbons (Fsp3) is 0.133. The Morgan fingerprint density at radius 2 is 1.85 bits per heavy atom. The van der Waals surface area contributed by atoms with Crippen molar-refractivity contribution >= 4 is 23.4 Å². The van der Waals surface area contributed by atoms with E-state index in [2.05, 4.69) is 0 Å². The number of carbonyl (C=O) groups is 1. The highest BCUT2D eigenvalue weighted by atomic mass is 32.2. The molecule has 0 saturated carbocycles. The smallest absolute Gasteiger partial charge is 0.238 e. The van der Waals surface area contributed by atoms with Crippen LogP contribution in [0.2, 0.25) is 0 Å². The molecule has 102 valence electrons. The van der Waals surface area contributed by atoms with Gasteiger partial charge in [0.2, 0.25) is 5.91 Å². The van der Waals surface area contributed by atoms with Crippen LogP contribution in [0.5, 0.6) is 5.75 Å². The Morgan fingerprint density at radius 1 is 1.15 bits per heavy atom. The molecule has 1 fully saturated rings. The van der Waals surface area contributed by atoms with Gasteiger partial charge in [0, 0.05) is 5.56 Å². The third kappa shape index (κ3) is 2.14. The fourth-order valence-electron chi connectivity index (χ4n) is 2.26. The van der Waals surface area contributed by atoms with Gasteiger partial charge >= 0.3 is 0 Å². The van der Waals surface area contributed by atoms with Gasteiger partial charge in [0.25, 0.3) is 0 Å². The van der Waals surface area contributed by atoms with Crippen molar-refractivity contribution in [3.05, 3.63) is 59.9 Å². The maximum atomic E-state index is 13.9. The third-order valence-electron chi connectivity index (χ3n) is 3.18. The number of amides is 1. The molecule has 0 aromatic heterocycles. The summed E-state index contributed by atoms with van der Waals surface area (Å²) in [6.07, 6.45) is 0. The van der Waals surface area contributed by atoms with E-state index in [1.54, 1.807) is 42.5 Å². The number of nitrogens with zero attached hydrogens (tertiary/aromatic N) is 1. The van der Waals surface area contributed by atoms with Crippen molar-refractivity contribution in [1.29, 1.82) is 0 Å². The number of anilines is 1. The summed E-state index contributed by atoms with van der Waals surface area (Å²) in [7, 11) is 0. The van der Waals surface area contributed by atoms with Gasteiger partial charge in [-0.2, -0.15) is 0 Å². The molecule has 1 N–H and O–H groups in total. The lowest BCUT2D eigenvalue weighted by atomic mass is 10.1. The minimum Gasteiger partial charge on any atom is -0.508 e. The molecule has 3 rings (SSSR count). The number of halogens is 1. The van der Waals surface area contributed by atoms with Crippen molar-refractivity contribution in [1.82, 2.24) is 0 Å². The Labute approximate surface area is 120 Å². The van der Waals surface area contributed by atoms with E-state index in [9.17, 15) is 14.3 Å². The average Bonchev–Trinajstić information content (AvgIpc) is 2.82. The summed E-state index contributed by atoms with van der Waals surface area (Å²) in [6, 6.07) is 13.0. The lowest BCUT2D eigenvalue weighted by molar-refractivity contribution is -0.115. The molecule has 20 heavy (non-hydrogen) atoms. The average molecular weight is 289 g/mol. The molecular weight excluding hydrogens is 277 g/mol. The monoisotopic (exact) mass is 289 g/mol. The molecule has 1 aliphatic rings. The van der Waals surface area contributed by atoms with Crippen molar-refractivity contribution in [2.75, 3.05) is 10.7 Å².